The van der Waals surface area contributed by atoms with Crippen molar-refractivity contribution in [3.8, 4) is 0 Å². The molecule has 2 amide bonds. The molecule has 4 N–H and O–H groups in total. The number of allylic oxidation sites excluding steroid dienone is 9. The lowest BCUT2D eigenvalue weighted by Gasteiger charge is -2.23. The van der Waals surface area contributed by atoms with E-state index in [0.29, 0.717) is 11.5 Å². The molecule has 0 radical (unpaired) electrons. The van der Waals surface area contributed by atoms with Crippen LogP contribution in [0.4, 0.5) is 0 Å². The van der Waals surface area contributed by atoms with Crippen molar-refractivity contribution in [1.82, 2.24) is 10.6 Å². The fourth-order valence-corrected chi connectivity index (χ4v) is 4.61. The van der Waals surface area contributed by atoms with Crippen molar-refractivity contribution in [2.75, 3.05) is 0 Å². The van der Waals surface area contributed by atoms with E-state index < -0.39 is 35.4 Å². The number of aliphatic hydroxyl groups is 2. The van der Waals surface area contributed by atoms with E-state index in [9.17, 15) is 29.4 Å². The van der Waals surface area contributed by atoms with Gasteiger partial charge in [-0.15, -0.1) is 0 Å². The molecule has 0 spiro atoms. The predicted molar refractivity (Wildman–Crippen MR) is 151 cm³/mol. The number of fused-ring (bicyclic) bond motifs is 1. The second-order valence-electron chi connectivity index (χ2n) is 10.4. The van der Waals surface area contributed by atoms with Gasteiger partial charge in [-0.2, -0.15) is 0 Å². The van der Waals surface area contributed by atoms with Crippen LogP contribution in [0.2, 0.25) is 0 Å². The van der Waals surface area contributed by atoms with Gasteiger partial charge in [0.25, 0.3) is 5.91 Å². The van der Waals surface area contributed by atoms with E-state index in [2.05, 4.69) is 30.6 Å². The average molecular weight is 551 g/mol. The van der Waals surface area contributed by atoms with Gasteiger partial charge in [-0.3, -0.25) is 19.2 Å². The second kappa shape index (κ2) is 13.5. The maximum atomic E-state index is 12.8. The summed E-state index contributed by atoms with van der Waals surface area (Å²) in [5.41, 5.74) is -0.310. The number of epoxide rings is 1. The van der Waals surface area contributed by atoms with Crippen LogP contribution >= 0.6 is 0 Å². The van der Waals surface area contributed by atoms with Gasteiger partial charge >= 0.3 is 0 Å². The Balaban J connectivity index is 1.60. The van der Waals surface area contributed by atoms with Crippen molar-refractivity contribution in [2.45, 2.75) is 77.6 Å². The molecule has 0 bridgehead atoms. The topological polar surface area (TPSA) is 145 Å². The molecule has 9 nitrogen and oxygen atoms in total. The van der Waals surface area contributed by atoms with Gasteiger partial charge in [0.15, 0.2) is 11.9 Å². The quantitative estimate of drug-likeness (QED) is 0.165. The van der Waals surface area contributed by atoms with Crippen molar-refractivity contribution in [2.24, 2.45) is 5.92 Å². The summed E-state index contributed by atoms with van der Waals surface area (Å²) in [5, 5.41) is 25.7. The van der Waals surface area contributed by atoms with Gasteiger partial charge in [-0.25, -0.2) is 0 Å². The van der Waals surface area contributed by atoms with Crippen LogP contribution < -0.4 is 10.6 Å². The molecular weight excluding hydrogens is 512 g/mol. The van der Waals surface area contributed by atoms with Gasteiger partial charge in [0.05, 0.1) is 5.70 Å². The number of ether oxygens (including phenoxy) is 1. The van der Waals surface area contributed by atoms with Gasteiger partial charge in [-0.05, 0) is 38.3 Å². The van der Waals surface area contributed by atoms with Crippen LogP contribution in [-0.2, 0) is 23.9 Å². The third-order valence-electron chi connectivity index (χ3n) is 6.81. The number of aliphatic hydroxyl groups excluding tert-OH is 1. The molecule has 214 valence electrons. The zero-order valence-corrected chi connectivity index (χ0v) is 23.4. The Morgan fingerprint density at radius 1 is 1.15 bits per heavy atom. The van der Waals surface area contributed by atoms with Crippen LogP contribution in [0.25, 0.3) is 0 Å². The summed E-state index contributed by atoms with van der Waals surface area (Å²) in [6.07, 6.45) is 16.0. The molecule has 0 unspecified atom stereocenters. The largest absolute Gasteiger partial charge is 0.510 e. The van der Waals surface area contributed by atoms with Gasteiger partial charge in [0.2, 0.25) is 11.7 Å². The summed E-state index contributed by atoms with van der Waals surface area (Å²) in [6.45, 7) is 7.90. The third kappa shape index (κ3) is 8.09. The Morgan fingerprint density at radius 3 is 2.55 bits per heavy atom. The molecule has 0 aromatic heterocycles. The lowest BCUT2D eigenvalue weighted by atomic mass is 9.88. The number of carbonyl (C=O) groups excluding carboxylic acids is 4. The van der Waals surface area contributed by atoms with Crippen molar-refractivity contribution < 1.29 is 34.1 Å². The molecule has 3 aliphatic rings. The summed E-state index contributed by atoms with van der Waals surface area (Å²) in [5.74, 6) is -1.43. The number of hydrogen-bond acceptors (Lipinski definition) is 7. The smallest absolute Gasteiger partial charge is 0.251 e. The normalized spacial score (nSPS) is 26.1. The van der Waals surface area contributed by atoms with Crippen LogP contribution in [0, 0.1) is 5.92 Å². The molecule has 2 aliphatic carbocycles. The molecule has 3 rings (SSSR count). The number of nitrogens with one attached hydrogen (secondary N) is 2. The first-order valence-corrected chi connectivity index (χ1v) is 13.6. The predicted octanol–water partition coefficient (Wildman–Crippen LogP) is 3.70. The molecule has 1 aliphatic heterocycles. The number of ketones is 2. The van der Waals surface area contributed by atoms with E-state index in [1.807, 2.05) is 6.92 Å². The maximum Gasteiger partial charge on any atom is 0.251 e. The minimum absolute atomic E-state index is 0.0267. The SMILES string of the molecule is CCCC[C@H](C)/C=C(C)/C=C(\C)C(=O)NC1=C[C@](O)(/C=C/C=C/C=C/C(=O)NC2=C(O)CCC2=O)[C@H]2O[C@@H]2C1=O. The van der Waals surface area contributed by atoms with Gasteiger partial charge < -0.3 is 25.6 Å². The summed E-state index contributed by atoms with van der Waals surface area (Å²) in [7, 11) is 0. The highest BCUT2D eigenvalue weighted by Gasteiger charge is 2.59. The molecule has 1 heterocycles. The van der Waals surface area contributed by atoms with E-state index in [4.69, 9.17) is 4.74 Å². The molecule has 1 fully saturated rings. The standard InChI is InChI=1S/C31H38N2O7/c1-5-6-11-19(2)16-20(3)17-21(4)30(38)32-22-18-31(39,29-28(40-29)27(22)37)15-10-8-7-9-12-25(36)33-26-23(34)13-14-24(26)35/h7-10,12,15-19,28-29,34,39H,5-6,11,13-14H2,1-4H3,(H,32,38)(H,33,36)/b8-7+,12-9+,15-10+,20-16+,21-17+/t19-,28+,29-,31+/m0/s1. The van der Waals surface area contributed by atoms with Crippen molar-refractivity contribution in [3.05, 3.63) is 83.0 Å². The van der Waals surface area contributed by atoms with E-state index in [0.717, 1.165) is 24.8 Å². The van der Waals surface area contributed by atoms with Crippen LogP contribution in [0.15, 0.2) is 83.0 Å². The Bertz CT molecular complexity index is 1260. The average Bonchev–Trinajstić information content (AvgIpc) is 3.66. The van der Waals surface area contributed by atoms with E-state index in [1.54, 1.807) is 19.1 Å². The number of amides is 2. The van der Waals surface area contributed by atoms with Crippen LogP contribution in [0.1, 0.15) is 59.8 Å². The Morgan fingerprint density at radius 2 is 1.88 bits per heavy atom. The number of unbranched alkanes of at least 4 members (excludes halogenated alkanes) is 1. The minimum Gasteiger partial charge on any atom is -0.510 e. The zero-order valence-electron chi connectivity index (χ0n) is 23.4. The van der Waals surface area contributed by atoms with Gasteiger partial charge in [-0.1, -0.05) is 68.7 Å². The fourth-order valence-electron chi connectivity index (χ4n) is 4.61. The first-order valence-electron chi connectivity index (χ1n) is 13.6. The lowest BCUT2D eigenvalue weighted by molar-refractivity contribution is -0.121. The minimum atomic E-state index is -1.61. The lowest BCUT2D eigenvalue weighted by Crippen LogP contribution is -2.42. The molecular formula is C31H38N2O7. The number of rotatable bonds is 12. The van der Waals surface area contributed by atoms with Crippen molar-refractivity contribution in [1.29, 1.82) is 0 Å². The summed E-state index contributed by atoms with van der Waals surface area (Å²) in [6, 6.07) is 0. The maximum absolute atomic E-state index is 12.8. The second-order valence-corrected chi connectivity index (χ2v) is 10.4. The van der Waals surface area contributed by atoms with Gasteiger partial charge in [0, 0.05) is 24.5 Å². The molecule has 4 atom stereocenters. The highest BCUT2D eigenvalue weighted by atomic mass is 16.6. The van der Waals surface area contributed by atoms with Crippen LogP contribution in [-0.4, -0.2) is 51.4 Å². The van der Waals surface area contributed by atoms with E-state index in [1.165, 1.54) is 36.5 Å². The molecule has 0 aromatic carbocycles. The Labute approximate surface area is 234 Å². The van der Waals surface area contributed by atoms with Crippen LogP contribution in [0.5, 0.6) is 0 Å². The Kier molecular flexibility index (Phi) is 10.4. The summed E-state index contributed by atoms with van der Waals surface area (Å²) < 4.78 is 5.39. The fraction of sp³-hybridized carbons (Fsp3) is 0.419. The summed E-state index contributed by atoms with van der Waals surface area (Å²) >= 11 is 0. The monoisotopic (exact) mass is 550 g/mol. The Hall–Kier alpha value is -3.82. The van der Waals surface area contributed by atoms with Crippen LogP contribution in [0.3, 0.4) is 0 Å². The first-order chi connectivity index (χ1) is 18.9. The molecule has 0 saturated carbocycles. The first kappa shape index (κ1) is 30.7. The number of Topliss-reactive ketones (excluding diaryl/α,β-unsaturated/α-hetero) is 2. The zero-order chi connectivity index (χ0) is 29.4. The van der Waals surface area contributed by atoms with Crippen molar-refractivity contribution in [3.63, 3.8) is 0 Å². The molecule has 0 aromatic rings. The number of carbonyl (C=O) groups is 4. The third-order valence-corrected chi connectivity index (χ3v) is 6.81. The molecule has 9 heteroatoms. The van der Waals surface area contributed by atoms with Gasteiger partial charge in [0.1, 0.15) is 23.2 Å². The highest BCUT2D eigenvalue weighted by molar-refractivity contribution is 6.07. The van der Waals surface area contributed by atoms with E-state index in [-0.39, 0.29) is 35.8 Å². The molecule has 40 heavy (non-hydrogen) atoms. The van der Waals surface area contributed by atoms with E-state index >= 15 is 0 Å². The highest BCUT2D eigenvalue weighted by Crippen LogP contribution is 2.40. The van der Waals surface area contributed by atoms with Crippen molar-refractivity contribution >= 4 is 23.4 Å². The number of hydrogen-bond donors (Lipinski definition) is 4. The summed E-state index contributed by atoms with van der Waals surface area (Å²) in [4.78, 5) is 49.0. The molecule has 1 saturated heterocycles.